The summed E-state index contributed by atoms with van der Waals surface area (Å²) in [5.41, 5.74) is 0.199. The zero-order chi connectivity index (χ0) is 17.7. The molecule has 4 nitrogen and oxygen atoms in total. The number of carbonyl (C=O) groups is 2. The minimum Gasteiger partial charge on any atom is -0.481 e. The van der Waals surface area contributed by atoms with Crippen LogP contribution in [0.4, 0.5) is 13.2 Å². The molecule has 1 aliphatic heterocycles. The highest BCUT2D eigenvalue weighted by Gasteiger charge is 2.30. The average molecular weight is 361 g/mol. The predicted octanol–water partition coefficient (Wildman–Crippen LogP) is 3.23. The van der Waals surface area contributed by atoms with E-state index in [4.69, 9.17) is 5.11 Å². The van der Waals surface area contributed by atoms with Gasteiger partial charge in [-0.25, -0.2) is 0 Å². The van der Waals surface area contributed by atoms with Crippen LogP contribution in [0.25, 0.3) is 0 Å². The summed E-state index contributed by atoms with van der Waals surface area (Å²) in [6, 6.07) is 5.20. The summed E-state index contributed by atoms with van der Waals surface area (Å²) in [4.78, 5) is 24.1. The number of likely N-dealkylation sites (tertiary alicyclic amines) is 1. The normalized spacial score (nSPS) is 16.2. The number of nitrogens with zero attached hydrogens (tertiary/aromatic N) is 1. The van der Waals surface area contributed by atoms with E-state index >= 15 is 0 Å². The Bertz CT molecular complexity index is 581. The van der Waals surface area contributed by atoms with Gasteiger partial charge in [0.05, 0.1) is 17.1 Å². The van der Waals surface area contributed by atoms with E-state index in [0.29, 0.717) is 25.9 Å². The minimum absolute atomic E-state index is 0.0906. The smallest absolute Gasteiger partial charge is 0.416 e. The van der Waals surface area contributed by atoms with Crippen molar-refractivity contribution in [2.24, 2.45) is 0 Å². The van der Waals surface area contributed by atoms with Crippen molar-refractivity contribution in [3.63, 3.8) is 0 Å². The molecule has 1 amide bonds. The van der Waals surface area contributed by atoms with Crippen molar-refractivity contribution in [1.29, 1.82) is 0 Å². The van der Waals surface area contributed by atoms with Crippen LogP contribution in [0.3, 0.4) is 0 Å². The SMILES string of the molecule is O=C(O)CSCC(=O)N1CCC(c2ccc(C(F)(F)F)cc2)CC1. The lowest BCUT2D eigenvalue weighted by Gasteiger charge is -2.32. The number of aliphatic carboxylic acids is 1. The molecule has 2 rings (SSSR count). The number of hydrogen-bond acceptors (Lipinski definition) is 3. The zero-order valence-electron chi connectivity index (χ0n) is 12.9. The van der Waals surface area contributed by atoms with Crippen molar-refractivity contribution in [2.75, 3.05) is 24.6 Å². The minimum atomic E-state index is -4.33. The van der Waals surface area contributed by atoms with Crippen molar-refractivity contribution in [3.8, 4) is 0 Å². The quantitative estimate of drug-likeness (QED) is 0.875. The topological polar surface area (TPSA) is 57.6 Å². The van der Waals surface area contributed by atoms with E-state index in [9.17, 15) is 22.8 Å². The maximum Gasteiger partial charge on any atom is 0.416 e. The van der Waals surface area contributed by atoms with Crippen LogP contribution in [-0.2, 0) is 15.8 Å². The first-order valence-electron chi connectivity index (χ1n) is 7.52. The average Bonchev–Trinajstić information content (AvgIpc) is 2.54. The molecule has 1 N–H and O–H groups in total. The first-order chi connectivity index (χ1) is 11.3. The van der Waals surface area contributed by atoms with Gasteiger partial charge in [0.1, 0.15) is 0 Å². The van der Waals surface area contributed by atoms with Crippen LogP contribution in [-0.4, -0.2) is 46.5 Å². The van der Waals surface area contributed by atoms with Gasteiger partial charge in [0.2, 0.25) is 5.91 Å². The van der Waals surface area contributed by atoms with Gasteiger partial charge in [0.15, 0.2) is 0 Å². The molecule has 0 unspecified atom stereocenters. The number of halogens is 3. The third kappa shape index (κ3) is 5.15. The lowest BCUT2D eigenvalue weighted by Crippen LogP contribution is -2.39. The molecular formula is C16H18F3NO3S. The summed E-state index contributed by atoms with van der Waals surface area (Å²) < 4.78 is 37.7. The molecule has 1 aliphatic rings. The molecule has 24 heavy (non-hydrogen) atoms. The molecule has 0 aromatic heterocycles. The highest BCUT2D eigenvalue weighted by atomic mass is 32.2. The molecule has 132 valence electrons. The van der Waals surface area contributed by atoms with Crippen molar-refractivity contribution >= 4 is 23.6 Å². The van der Waals surface area contributed by atoms with E-state index in [1.807, 2.05) is 0 Å². The molecule has 1 saturated heterocycles. The van der Waals surface area contributed by atoms with Gasteiger partial charge in [-0.05, 0) is 36.5 Å². The molecule has 0 saturated carbocycles. The third-order valence-electron chi connectivity index (χ3n) is 4.01. The standard InChI is InChI=1S/C16H18F3NO3S/c17-16(18,19)13-3-1-11(2-4-13)12-5-7-20(8-6-12)14(21)9-24-10-15(22)23/h1-4,12H,5-10H2,(H,22,23). The molecule has 0 bridgehead atoms. The molecule has 0 radical (unpaired) electrons. The van der Waals surface area contributed by atoms with Crippen molar-refractivity contribution in [2.45, 2.75) is 24.9 Å². The van der Waals surface area contributed by atoms with Gasteiger partial charge in [-0.3, -0.25) is 9.59 Å². The first-order valence-corrected chi connectivity index (χ1v) is 8.67. The van der Waals surface area contributed by atoms with Crippen LogP contribution in [0.2, 0.25) is 0 Å². The summed E-state index contributed by atoms with van der Waals surface area (Å²) in [6.07, 6.45) is -2.94. The summed E-state index contributed by atoms with van der Waals surface area (Å²) in [7, 11) is 0. The van der Waals surface area contributed by atoms with Gasteiger partial charge in [-0.15, -0.1) is 11.8 Å². The molecule has 1 aromatic rings. The number of piperidine rings is 1. The highest BCUT2D eigenvalue weighted by molar-refractivity contribution is 8.00. The van der Waals surface area contributed by atoms with E-state index in [1.54, 1.807) is 4.90 Å². The second-order valence-electron chi connectivity index (χ2n) is 5.66. The number of carboxylic acids is 1. The van der Waals surface area contributed by atoms with E-state index in [2.05, 4.69) is 0 Å². The van der Waals surface area contributed by atoms with E-state index in [-0.39, 0.29) is 23.3 Å². The fraction of sp³-hybridized carbons (Fsp3) is 0.500. The molecule has 1 fully saturated rings. The van der Waals surface area contributed by atoms with Gasteiger partial charge >= 0.3 is 12.1 Å². The second kappa shape index (κ2) is 7.92. The van der Waals surface area contributed by atoms with E-state index in [0.717, 1.165) is 29.5 Å². The van der Waals surface area contributed by atoms with Crippen LogP contribution in [0, 0.1) is 0 Å². The zero-order valence-corrected chi connectivity index (χ0v) is 13.7. The predicted molar refractivity (Wildman–Crippen MR) is 85.0 cm³/mol. The van der Waals surface area contributed by atoms with Gasteiger partial charge < -0.3 is 10.0 Å². The third-order valence-corrected chi connectivity index (χ3v) is 4.91. The van der Waals surface area contributed by atoms with E-state index in [1.165, 1.54) is 12.1 Å². The Balaban J connectivity index is 1.84. The highest BCUT2D eigenvalue weighted by Crippen LogP contribution is 2.33. The Morgan fingerprint density at radius 2 is 1.71 bits per heavy atom. The number of carbonyl (C=O) groups excluding carboxylic acids is 1. The molecule has 1 aromatic carbocycles. The first kappa shape index (κ1) is 18.6. The Morgan fingerprint density at radius 3 is 2.21 bits per heavy atom. The Labute approximate surface area is 142 Å². The summed E-state index contributed by atoms with van der Waals surface area (Å²) in [5.74, 6) is -0.866. The monoisotopic (exact) mass is 361 g/mol. The number of carboxylic acid groups (broad SMARTS) is 1. The molecule has 0 spiro atoms. The maximum atomic E-state index is 12.6. The Morgan fingerprint density at radius 1 is 1.12 bits per heavy atom. The Kier molecular flexibility index (Phi) is 6.15. The molecular weight excluding hydrogens is 343 g/mol. The number of benzene rings is 1. The molecule has 0 aliphatic carbocycles. The van der Waals surface area contributed by atoms with Crippen LogP contribution in [0.15, 0.2) is 24.3 Å². The van der Waals surface area contributed by atoms with Crippen LogP contribution in [0.5, 0.6) is 0 Å². The van der Waals surface area contributed by atoms with Crippen molar-refractivity contribution in [3.05, 3.63) is 35.4 Å². The fourth-order valence-corrected chi connectivity index (χ4v) is 3.36. The van der Waals surface area contributed by atoms with Crippen molar-refractivity contribution in [1.82, 2.24) is 4.90 Å². The number of alkyl halides is 3. The number of amides is 1. The van der Waals surface area contributed by atoms with Gasteiger partial charge in [0.25, 0.3) is 0 Å². The number of rotatable bonds is 5. The molecule has 1 heterocycles. The summed E-state index contributed by atoms with van der Waals surface area (Å²) in [6.45, 7) is 1.08. The molecule has 8 heteroatoms. The van der Waals surface area contributed by atoms with Crippen LogP contribution in [0.1, 0.15) is 29.9 Å². The number of thioether (sulfide) groups is 1. The van der Waals surface area contributed by atoms with Gasteiger partial charge in [0, 0.05) is 13.1 Å². The van der Waals surface area contributed by atoms with Gasteiger partial charge in [-0.1, -0.05) is 12.1 Å². The number of hydrogen-bond donors (Lipinski definition) is 1. The molecule has 0 atom stereocenters. The largest absolute Gasteiger partial charge is 0.481 e. The Hall–Kier alpha value is -1.70. The summed E-state index contributed by atoms with van der Waals surface area (Å²) in [5, 5.41) is 8.55. The van der Waals surface area contributed by atoms with Crippen LogP contribution < -0.4 is 0 Å². The summed E-state index contributed by atoms with van der Waals surface area (Å²) >= 11 is 1.07. The van der Waals surface area contributed by atoms with Gasteiger partial charge in [-0.2, -0.15) is 13.2 Å². The van der Waals surface area contributed by atoms with E-state index < -0.39 is 17.7 Å². The lowest BCUT2D eigenvalue weighted by molar-refractivity contribution is -0.137. The maximum absolute atomic E-state index is 12.6. The van der Waals surface area contributed by atoms with Crippen molar-refractivity contribution < 1.29 is 27.9 Å². The lowest BCUT2D eigenvalue weighted by atomic mass is 9.89. The second-order valence-corrected chi connectivity index (χ2v) is 6.65. The van der Waals surface area contributed by atoms with Crippen LogP contribution >= 0.6 is 11.8 Å². The fourth-order valence-electron chi connectivity index (χ4n) is 2.72.